The number of anilines is 2. The minimum atomic E-state index is -0.921. The monoisotopic (exact) mass is 489 g/mol. The molecular formula is C27H31N5O4. The van der Waals surface area contributed by atoms with Gasteiger partial charge in [-0.2, -0.15) is 0 Å². The molecule has 3 amide bonds. The number of hydrogen-bond acceptors (Lipinski definition) is 6. The lowest BCUT2D eigenvalue weighted by molar-refractivity contribution is -0.127. The van der Waals surface area contributed by atoms with Gasteiger partial charge >= 0.3 is 0 Å². The zero-order valence-corrected chi connectivity index (χ0v) is 20.6. The van der Waals surface area contributed by atoms with E-state index in [0.29, 0.717) is 22.8 Å². The molecule has 2 aromatic heterocycles. The van der Waals surface area contributed by atoms with Crippen LogP contribution in [-0.4, -0.2) is 33.9 Å². The Bertz CT molecular complexity index is 1190. The number of hydrogen-bond donors (Lipinski definition) is 2. The second kappa shape index (κ2) is 11.6. The summed E-state index contributed by atoms with van der Waals surface area (Å²) >= 11 is 0. The van der Waals surface area contributed by atoms with E-state index in [-0.39, 0.29) is 36.6 Å². The van der Waals surface area contributed by atoms with E-state index in [0.717, 1.165) is 31.2 Å². The Morgan fingerprint density at radius 2 is 1.83 bits per heavy atom. The molecule has 2 heterocycles. The van der Waals surface area contributed by atoms with Crippen LogP contribution in [-0.2, 0) is 14.4 Å². The molecule has 1 saturated carbocycles. The van der Waals surface area contributed by atoms with Crippen LogP contribution >= 0.6 is 0 Å². The highest BCUT2D eigenvalue weighted by Crippen LogP contribution is 2.30. The fourth-order valence-corrected chi connectivity index (χ4v) is 4.42. The molecule has 188 valence electrons. The summed E-state index contributed by atoms with van der Waals surface area (Å²) in [5, 5.41) is 9.52. The molecule has 0 spiro atoms. The number of rotatable bonds is 9. The van der Waals surface area contributed by atoms with E-state index in [1.807, 2.05) is 31.2 Å². The molecule has 36 heavy (non-hydrogen) atoms. The maximum Gasteiger partial charge on any atom is 0.248 e. The van der Waals surface area contributed by atoms with Gasteiger partial charge in [0.2, 0.25) is 17.7 Å². The SMILES string of the molecule is Cc1ccc(N(C(=O)CCC(=O)Nc2cc(C)on2)C(C(=O)NC2CCCC2)c2cccnc2)cc1. The van der Waals surface area contributed by atoms with E-state index in [9.17, 15) is 14.4 Å². The van der Waals surface area contributed by atoms with Crippen molar-refractivity contribution in [3.63, 3.8) is 0 Å². The maximum absolute atomic E-state index is 13.7. The first-order valence-corrected chi connectivity index (χ1v) is 12.2. The Morgan fingerprint density at radius 3 is 2.47 bits per heavy atom. The van der Waals surface area contributed by atoms with Gasteiger partial charge in [-0.05, 0) is 44.9 Å². The lowest BCUT2D eigenvalue weighted by Crippen LogP contribution is -2.46. The third-order valence-electron chi connectivity index (χ3n) is 6.25. The molecule has 9 nitrogen and oxygen atoms in total. The van der Waals surface area contributed by atoms with Gasteiger partial charge in [-0.25, -0.2) is 0 Å². The van der Waals surface area contributed by atoms with E-state index in [1.165, 1.54) is 4.90 Å². The van der Waals surface area contributed by atoms with Gasteiger partial charge < -0.3 is 15.2 Å². The number of aryl methyl sites for hydroxylation is 2. The van der Waals surface area contributed by atoms with Gasteiger partial charge in [-0.1, -0.05) is 41.8 Å². The second-order valence-electron chi connectivity index (χ2n) is 9.15. The zero-order valence-electron chi connectivity index (χ0n) is 20.6. The number of pyridine rings is 1. The average molecular weight is 490 g/mol. The molecule has 1 atom stereocenters. The predicted molar refractivity (Wildman–Crippen MR) is 135 cm³/mol. The largest absolute Gasteiger partial charge is 0.360 e. The summed E-state index contributed by atoms with van der Waals surface area (Å²) in [6.07, 6.45) is 7.06. The van der Waals surface area contributed by atoms with Gasteiger partial charge in [0.1, 0.15) is 11.8 Å². The molecular weight excluding hydrogens is 458 g/mol. The standard InChI is InChI=1S/C27H31N5O4/c1-18-9-11-22(12-10-18)32(25(34)14-13-24(33)30-23-16-19(2)36-31-23)26(20-6-5-15-28-17-20)27(35)29-21-7-3-4-8-21/h5-6,9-12,15-17,21,26H,3-4,7-8,13-14H2,1-2H3,(H,29,35)(H,30,31,33). The second-order valence-corrected chi connectivity index (χ2v) is 9.15. The van der Waals surface area contributed by atoms with E-state index in [4.69, 9.17) is 4.52 Å². The number of aromatic nitrogens is 2. The lowest BCUT2D eigenvalue weighted by Gasteiger charge is -2.32. The number of nitrogens with one attached hydrogen (secondary N) is 2. The highest BCUT2D eigenvalue weighted by Gasteiger charge is 2.34. The van der Waals surface area contributed by atoms with Crippen LogP contribution in [0.1, 0.15) is 61.5 Å². The molecule has 2 N–H and O–H groups in total. The predicted octanol–water partition coefficient (Wildman–Crippen LogP) is 4.24. The average Bonchev–Trinajstić information content (AvgIpc) is 3.53. The molecule has 0 bridgehead atoms. The minimum absolute atomic E-state index is 0.0723. The molecule has 9 heteroatoms. The highest BCUT2D eigenvalue weighted by atomic mass is 16.5. The van der Waals surface area contributed by atoms with Crippen LogP contribution in [0.25, 0.3) is 0 Å². The fourth-order valence-electron chi connectivity index (χ4n) is 4.42. The Hall–Kier alpha value is -4.01. The summed E-state index contributed by atoms with van der Waals surface area (Å²) in [6.45, 7) is 3.68. The van der Waals surface area contributed by atoms with Crippen LogP contribution in [0.2, 0.25) is 0 Å². The van der Waals surface area contributed by atoms with Gasteiger partial charge in [-0.3, -0.25) is 24.3 Å². The summed E-state index contributed by atoms with van der Waals surface area (Å²) in [5.74, 6) is -0.107. The third-order valence-corrected chi connectivity index (χ3v) is 6.25. The molecule has 3 aromatic rings. The number of nitrogens with zero attached hydrogens (tertiary/aromatic N) is 3. The van der Waals surface area contributed by atoms with Crippen LogP contribution in [0, 0.1) is 13.8 Å². The normalized spacial score (nSPS) is 14.3. The Kier molecular flexibility index (Phi) is 8.10. The summed E-state index contributed by atoms with van der Waals surface area (Å²) < 4.78 is 4.97. The highest BCUT2D eigenvalue weighted by molar-refractivity contribution is 6.03. The van der Waals surface area contributed by atoms with Gasteiger partial charge in [0.25, 0.3) is 0 Å². The van der Waals surface area contributed by atoms with Crippen molar-refractivity contribution < 1.29 is 18.9 Å². The number of carbonyl (C=O) groups is 3. The number of benzene rings is 1. The zero-order chi connectivity index (χ0) is 25.5. The molecule has 0 saturated heterocycles. The topological polar surface area (TPSA) is 117 Å². The molecule has 1 fully saturated rings. The molecule has 1 aliphatic carbocycles. The summed E-state index contributed by atoms with van der Waals surface area (Å²) in [6, 6.07) is 11.7. The number of amides is 3. The maximum atomic E-state index is 13.7. The Balaban J connectivity index is 1.59. The quantitative estimate of drug-likeness (QED) is 0.464. The van der Waals surface area contributed by atoms with Crippen molar-refractivity contribution in [2.45, 2.75) is 64.5 Å². The van der Waals surface area contributed by atoms with E-state index >= 15 is 0 Å². The first kappa shape index (κ1) is 25.1. The lowest BCUT2D eigenvalue weighted by atomic mass is 10.0. The van der Waals surface area contributed by atoms with Crippen LogP contribution in [0.15, 0.2) is 59.4 Å². The molecule has 1 aliphatic rings. The summed E-state index contributed by atoms with van der Waals surface area (Å²) in [7, 11) is 0. The molecule has 0 radical (unpaired) electrons. The minimum Gasteiger partial charge on any atom is -0.360 e. The molecule has 1 aromatic carbocycles. The van der Waals surface area contributed by atoms with Crippen molar-refractivity contribution in [2.24, 2.45) is 0 Å². The van der Waals surface area contributed by atoms with Crippen LogP contribution < -0.4 is 15.5 Å². The van der Waals surface area contributed by atoms with Crippen molar-refractivity contribution in [3.05, 3.63) is 71.7 Å². The van der Waals surface area contributed by atoms with Crippen LogP contribution in [0.4, 0.5) is 11.5 Å². The fraction of sp³-hybridized carbons (Fsp3) is 0.370. The van der Waals surface area contributed by atoms with Crippen LogP contribution in [0.5, 0.6) is 0 Å². The van der Waals surface area contributed by atoms with Gasteiger partial charge in [0.15, 0.2) is 5.82 Å². The van der Waals surface area contributed by atoms with E-state index in [1.54, 1.807) is 37.5 Å². The van der Waals surface area contributed by atoms with Crippen molar-refractivity contribution in [1.29, 1.82) is 0 Å². The Morgan fingerprint density at radius 1 is 1.08 bits per heavy atom. The van der Waals surface area contributed by atoms with Gasteiger partial charge in [-0.15, -0.1) is 0 Å². The smallest absolute Gasteiger partial charge is 0.248 e. The Labute approximate surface area is 210 Å². The van der Waals surface area contributed by atoms with Crippen molar-refractivity contribution in [2.75, 3.05) is 10.2 Å². The molecule has 1 unspecified atom stereocenters. The first-order chi connectivity index (χ1) is 17.4. The first-order valence-electron chi connectivity index (χ1n) is 12.2. The molecule has 4 rings (SSSR count). The summed E-state index contributed by atoms with van der Waals surface area (Å²) in [5.41, 5.74) is 2.21. The van der Waals surface area contributed by atoms with E-state index in [2.05, 4.69) is 20.8 Å². The van der Waals surface area contributed by atoms with Crippen LogP contribution in [0.3, 0.4) is 0 Å². The van der Waals surface area contributed by atoms with Crippen molar-refractivity contribution in [1.82, 2.24) is 15.5 Å². The summed E-state index contributed by atoms with van der Waals surface area (Å²) in [4.78, 5) is 45.4. The number of carbonyl (C=O) groups excluding carboxylic acids is 3. The van der Waals surface area contributed by atoms with Crippen molar-refractivity contribution in [3.8, 4) is 0 Å². The molecule has 0 aliphatic heterocycles. The van der Waals surface area contributed by atoms with Gasteiger partial charge in [0, 0.05) is 48.6 Å². The third kappa shape index (κ3) is 6.35. The van der Waals surface area contributed by atoms with E-state index < -0.39 is 6.04 Å². The van der Waals surface area contributed by atoms with Gasteiger partial charge in [0.05, 0.1) is 0 Å². The van der Waals surface area contributed by atoms with Crippen molar-refractivity contribution >= 4 is 29.2 Å².